The second-order valence-corrected chi connectivity index (χ2v) is 13.2. The lowest BCUT2D eigenvalue weighted by Gasteiger charge is -2.57. The van der Waals surface area contributed by atoms with E-state index < -0.39 is 10.0 Å². The van der Waals surface area contributed by atoms with Crippen LogP contribution in [0.5, 0.6) is 0 Å². The predicted octanol–water partition coefficient (Wildman–Crippen LogP) is 4.62. The summed E-state index contributed by atoms with van der Waals surface area (Å²) in [7, 11) is -3.54. The molecule has 6 heteroatoms. The third-order valence-corrected chi connectivity index (χ3v) is 9.95. The van der Waals surface area contributed by atoms with E-state index in [0.29, 0.717) is 23.6 Å². The molecule has 5 aliphatic rings. The minimum Gasteiger partial charge on any atom is -0.354 e. The van der Waals surface area contributed by atoms with Gasteiger partial charge in [0.15, 0.2) is 0 Å². The van der Waals surface area contributed by atoms with E-state index in [9.17, 15) is 13.2 Å². The van der Waals surface area contributed by atoms with Crippen LogP contribution in [0.25, 0.3) is 0 Å². The Kier molecular flexibility index (Phi) is 6.02. The van der Waals surface area contributed by atoms with Gasteiger partial charge in [0.25, 0.3) is 0 Å². The Bertz CT molecular complexity index is 899. The maximum absolute atomic E-state index is 12.6. The molecule has 5 nitrogen and oxygen atoms in total. The molecule has 6 rings (SSSR count). The van der Waals surface area contributed by atoms with Gasteiger partial charge in [0.1, 0.15) is 6.54 Å². The Morgan fingerprint density at radius 3 is 2.06 bits per heavy atom. The van der Waals surface area contributed by atoms with Crippen LogP contribution in [-0.4, -0.2) is 33.7 Å². The smallest absolute Gasteiger partial charge is 0.240 e. The molecule has 5 fully saturated rings. The van der Waals surface area contributed by atoms with E-state index in [1.807, 2.05) is 12.1 Å². The number of hydrogen-bond acceptors (Lipinski definition) is 3. The van der Waals surface area contributed by atoms with Crippen molar-refractivity contribution < 1.29 is 13.2 Å². The quantitative estimate of drug-likeness (QED) is 0.648. The van der Waals surface area contributed by atoms with Crippen molar-refractivity contribution in [2.45, 2.75) is 76.0 Å². The van der Waals surface area contributed by atoms with Crippen LogP contribution in [0.1, 0.15) is 76.2 Å². The minimum atomic E-state index is -3.54. The molecular weight excluding hydrogens is 420 g/mol. The second-order valence-electron chi connectivity index (χ2n) is 11.3. The molecule has 1 aromatic rings. The number of rotatable bonds is 7. The van der Waals surface area contributed by atoms with Crippen molar-refractivity contribution >= 4 is 21.6 Å². The Hall–Kier alpha value is -1.56. The van der Waals surface area contributed by atoms with Gasteiger partial charge in [-0.15, -0.1) is 0 Å². The molecule has 0 aliphatic heterocycles. The molecule has 0 heterocycles. The van der Waals surface area contributed by atoms with Gasteiger partial charge in [0.05, 0.1) is 11.9 Å². The highest BCUT2D eigenvalue weighted by atomic mass is 32.2. The fourth-order valence-electron chi connectivity index (χ4n) is 7.68. The van der Waals surface area contributed by atoms with E-state index in [0.717, 1.165) is 30.6 Å². The highest BCUT2D eigenvalue weighted by Crippen LogP contribution is 2.60. The van der Waals surface area contributed by atoms with Crippen molar-refractivity contribution in [3.8, 4) is 0 Å². The first-order valence-electron chi connectivity index (χ1n) is 12.7. The average molecular weight is 459 g/mol. The van der Waals surface area contributed by atoms with Crippen molar-refractivity contribution in [3.05, 3.63) is 29.8 Å². The highest BCUT2D eigenvalue weighted by Gasteiger charge is 2.51. The van der Waals surface area contributed by atoms with Crippen LogP contribution in [0.15, 0.2) is 24.3 Å². The van der Waals surface area contributed by atoms with Gasteiger partial charge in [-0.3, -0.25) is 9.10 Å². The van der Waals surface area contributed by atoms with Gasteiger partial charge < -0.3 is 5.32 Å². The molecule has 1 amide bonds. The molecule has 176 valence electrons. The molecular formula is C26H38N2O3S. The van der Waals surface area contributed by atoms with Gasteiger partial charge >= 0.3 is 0 Å². The van der Waals surface area contributed by atoms with E-state index in [2.05, 4.69) is 17.4 Å². The molecule has 0 unspecified atom stereocenters. The summed E-state index contributed by atoms with van der Waals surface area (Å²) in [5.74, 6) is 2.94. The van der Waals surface area contributed by atoms with E-state index >= 15 is 0 Å². The Morgan fingerprint density at radius 1 is 0.969 bits per heavy atom. The molecule has 4 bridgehead atoms. The van der Waals surface area contributed by atoms with Gasteiger partial charge in [0.2, 0.25) is 15.9 Å². The molecule has 0 atom stereocenters. The number of hydrogen-bond donors (Lipinski definition) is 1. The summed E-state index contributed by atoms with van der Waals surface area (Å²) >= 11 is 0. The SMILES string of the molecule is CS(=O)(=O)N(CC(=O)NCC1CCCCC1)c1ccc(C23CC4CC(CC(C4)C2)C3)cc1. The Balaban J connectivity index is 1.27. The summed E-state index contributed by atoms with van der Waals surface area (Å²) in [4.78, 5) is 12.6. The van der Waals surface area contributed by atoms with Crippen LogP contribution in [0, 0.1) is 23.7 Å². The zero-order chi connectivity index (χ0) is 22.3. The number of nitrogens with one attached hydrogen (secondary N) is 1. The van der Waals surface area contributed by atoms with Crippen molar-refractivity contribution in [2.24, 2.45) is 23.7 Å². The average Bonchev–Trinajstić information content (AvgIpc) is 2.75. The molecule has 0 spiro atoms. The van der Waals surface area contributed by atoms with Crippen LogP contribution in [0.2, 0.25) is 0 Å². The highest BCUT2D eigenvalue weighted by molar-refractivity contribution is 7.92. The van der Waals surface area contributed by atoms with E-state index in [4.69, 9.17) is 0 Å². The molecule has 0 saturated heterocycles. The van der Waals surface area contributed by atoms with Crippen LogP contribution < -0.4 is 9.62 Å². The van der Waals surface area contributed by atoms with Gasteiger partial charge in [-0.05, 0) is 98.1 Å². The molecule has 32 heavy (non-hydrogen) atoms. The molecule has 5 saturated carbocycles. The summed E-state index contributed by atoms with van der Waals surface area (Å²) in [5.41, 5.74) is 2.25. The number of anilines is 1. The number of benzene rings is 1. The van der Waals surface area contributed by atoms with Gasteiger partial charge in [-0.1, -0.05) is 31.4 Å². The molecule has 0 aromatic heterocycles. The molecule has 0 radical (unpaired) electrons. The van der Waals surface area contributed by atoms with E-state index in [-0.39, 0.29) is 12.5 Å². The number of carbonyl (C=O) groups excluding carboxylic acids is 1. The molecule has 1 aromatic carbocycles. The number of sulfonamides is 1. The van der Waals surface area contributed by atoms with Crippen LogP contribution in [0.4, 0.5) is 5.69 Å². The lowest BCUT2D eigenvalue weighted by molar-refractivity contribution is -0.119. The van der Waals surface area contributed by atoms with Crippen molar-refractivity contribution in [1.82, 2.24) is 5.32 Å². The fourth-order valence-corrected chi connectivity index (χ4v) is 8.54. The van der Waals surface area contributed by atoms with Crippen molar-refractivity contribution in [1.29, 1.82) is 0 Å². The van der Waals surface area contributed by atoms with Crippen LogP contribution in [0.3, 0.4) is 0 Å². The zero-order valence-electron chi connectivity index (χ0n) is 19.4. The number of carbonyl (C=O) groups is 1. The predicted molar refractivity (Wildman–Crippen MR) is 128 cm³/mol. The summed E-state index contributed by atoms with van der Waals surface area (Å²) < 4.78 is 26.3. The number of nitrogens with zero attached hydrogens (tertiary/aromatic N) is 1. The van der Waals surface area contributed by atoms with Gasteiger partial charge in [-0.2, -0.15) is 0 Å². The van der Waals surface area contributed by atoms with Crippen LogP contribution >= 0.6 is 0 Å². The van der Waals surface area contributed by atoms with E-state index in [1.54, 1.807) is 0 Å². The molecule has 1 N–H and O–H groups in total. The largest absolute Gasteiger partial charge is 0.354 e. The van der Waals surface area contributed by atoms with Gasteiger partial charge in [-0.25, -0.2) is 8.42 Å². The van der Waals surface area contributed by atoms with E-state index in [1.165, 1.54) is 73.9 Å². The van der Waals surface area contributed by atoms with Crippen LogP contribution in [-0.2, 0) is 20.2 Å². The first kappa shape index (κ1) is 22.2. The Morgan fingerprint density at radius 2 is 1.53 bits per heavy atom. The number of amides is 1. The molecule has 5 aliphatic carbocycles. The summed E-state index contributed by atoms with van der Waals surface area (Å²) in [5, 5.41) is 2.98. The first-order chi connectivity index (χ1) is 15.3. The zero-order valence-corrected chi connectivity index (χ0v) is 20.2. The Labute approximate surface area is 193 Å². The normalized spacial score (nSPS) is 32.1. The fraction of sp³-hybridized carbons (Fsp3) is 0.731. The minimum absolute atomic E-state index is 0.151. The maximum Gasteiger partial charge on any atom is 0.240 e. The maximum atomic E-state index is 12.6. The lowest BCUT2D eigenvalue weighted by atomic mass is 9.48. The monoisotopic (exact) mass is 458 g/mol. The lowest BCUT2D eigenvalue weighted by Crippen LogP contribution is -2.48. The standard InChI is InChI=1S/C26H38N2O3S/c1-32(30,31)28(18-25(29)27-17-19-5-3-2-4-6-19)24-9-7-23(8-10-24)26-14-20-11-21(15-26)13-22(12-20)16-26/h7-10,19-22H,2-6,11-18H2,1H3,(H,27,29). The summed E-state index contributed by atoms with van der Waals surface area (Å²) in [6, 6.07) is 8.12. The van der Waals surface area contributed by atoms with Crippen molar-refractivity contribution in [2.75, 3.05) is 23.7 Å². The third-order valence-electron chi connectivity index (χ3n) is 8.81. The summed E-state index contributed by atoms with van der Waals surface area (Å²) in [6.45, 7) is 0.504. The summed E-state index contributed by atoms with van der Waals surface area (Å²) in [6.07, 6.45) is 15.3. The first-order valence-corrected chi connectivity index (χ1v) is 14.5. The second kappa shape index (κ2) is 8.66. The van der Waals surface area contributed by atoms with Gasteiger partial charge in [0, 0.05) is 6.54 Å². The topological polar surface area (TPSA) is 66.5 Å². The third kappa shape index (κ3) is 4.57. The van der Waals surface area contributed by atoms with Crippen molar-refractivity contribution in [3.63, 3.8) is 0 Å².